The lowest BCUT2D eigenvalue weighted by molar-refractivity contribution is -0.133. The van der Waals surface area contributed by atoms with Gasteiger partial charge < -0.3 is 9.64 Å². The molecule has 0 aliphatic carbocycles. The number of piperazine rings is 1. The molecule has 0 N–H and O–H groups in total. The average molecular weight is 341 g/mol. The van der Waals surface area contributed by atoms with Crippen LogP contribution in [0.15, 0.2) is 24.3 Å². The van der Waals surface area contributed by atoms with Gasteiger partial charge in [-0.25, -0.2) is 0 Å². The predicted molar refractivity (Wildman–Crippen MR) is 87.3 cm³/mol. The molecule has 0 spiro atoms. The van der Waals surface area contributed by atoms with Crippen molar-refractivity contribution in [2.75, 3.05) is 40.8 Å². The van der Waals surface area contributed by atoms with E-state index >= 15 is 0 Å². The zero-order valence-corrected chi connectivity index (χ0v) is 14.7. The van der Waals surface area contributed by atoms with E-state index in [9.17, 15) is 13.2 Å². The van der Waals surface area contributed by atoms with Gasteiger partial charge in [-0.1, -0.05) is 18.2 Å². The molecule has 1 amide bonds. The average Bonchev–Trinajstić information content (AvgIpc) is 2.53. The Morgan fingerprint density at radius 1 is 1.26 bits per heavy atom. The molecular formula is C15H23N3O4S. The van der Waals surface area contributed by atoms with Gasteiger partial charge in [0.25, 0.3) is 10.2 Å². The van der Waals surface area contributed by atoms with Crippen LogP contribution in [0.3, 0.4) is 0 Å². The lowest BCUT2D eigenvalue weighted by atomic mass is 10.0. The van der Waals surface area contributed by atoms with E-state index in [1.807, 2.05) is 24.3 Å². The summed E-state index contributed by atoms with van der Waals surface area (Å²) in [5.74, 6) is 0.565. The fourth-order valence-corrected chi connectivity index (χ4v) is 3.89. The molecule has 0 bridgehead atoms. The highest BCUT2D eigenvalue weighted by atomic mass is 32.2. The predicted octanol–water partition coefficient (Wildman–Crippen LogP) is 0.707. The smallest absolute Gasteiger partial charge is 0.281 e. The molecule has 1 aromatic carbocycles. The summed E-state index contributed by atoms with van der Waals surface area (Å²) in [5, 5.41) is 0. The first-order valence-corrected chi connectivity index (χ1v) is 8.76. The second-order valence-electron chi connectivity index (χ2n) is 5.62. The fraction of sp³-hybridized carbons (Fsp3) is 0.533. The van der Waals surface area contributed by atoms with Crippen LogP contribution in [-0.2, 0) is 15.0 Å². The minimum absolute atomic E-state index is 0.0807. The highest BCUT2D eigenvalue weighted by Crippen LogP contribution is 2.33. The summed E-state index contributed by atoms with van der Waals surface area (Å²) in [7, 11) is 1.05. The molecule has 1 fully saturated rings. The SMILES string of the molecule is COc1ccccc1[C@H]1CN(S(=O)(=O)N(C)C)CCN1C(C)=O. The van der Waals surface area contributed by atoms with E-state index in [1.54, 1.807) is 12.0 Å². The van der Waals surface area contributed by atoms with Crippen LogP contribution in [0.5, 0.6) is 5.75 Å². The van der Waals surface area contributed by atoms with Gasteiger partial charge in [-0.05, 0) is 6.07 Å². The second-order valence-corrected chi connectivity index (χ2v) is 7.76. The van der Waals surface area contributed by atoms with Crippen molar-refractivity contribution in [3.63, 3.8) is 0 Å². The Hall–Kier alpha value is -1.64. The molecule has 1 aromatic rings. The Labute approximate surface area is 137 Å². The van der Waals surface area contributed by atoms with Gasteiger partial charge in [0.1, 0.15) is 5.75 Å². The number of benzene rings is 1. The van der Waals surface area contributed by atoms with E-state index in [-0.39, 0.29) is 25.0 Å². The van der Waals surface area contributed by atoms with Crippen molar-refractivity contribution in [1.29, 1.82) is 0 Å². The summed E-state index contributed by atoms with van der Waals surface area (Å²) >= 11 is 0. The first-order chi connectivity index (χ1) is 10.8. The van der Waals surface area contributed by atoms with Crippen molar-refractivity contribution >= 4 is 16.1 Å². The van der Waals surface area contributed by atoms with E-state index in [1.165, 1.54) is 29.6 Å². The molecule has 0 unspecified atom stereocenters. The Kier molecular flexibility index (Phi) is 5.28. The van der Waals surface area contributed by atoms with Crippen molar-refractivity contribution < 1.29 is 17.9 Å². The summed E-state index contributed by atoms with van der Waals surface area (Å²) < 4.78 is 32.8. The van der Waals surface area contributed by atoms with Gasteiger partial charge in [-0.2, -0.15) is 17.0 Å². The summed E-state index contributed by atoms with van der Waals surface area (Å²) in [6.07, 6.45) is 0. The number of ether oxygens (including phenoxy) is 1. The van der Waals surface area contributed by atoms with Gasteiger partial charge in [0.15, 0.2) is 0 Å². The molecule has 2 rings (SSSR count). The third-order valence-corrected chi connectivity index (χ3v) is 5.94. The van der Waals surface area contributed by atoms with Crippen LogP contribution in [-0.4, -0.2) is 68.7 Å². The molecule has 1 aliphatic heterocycles. The van der Waals surface area contributed by atoms with Gasteiger partial charge in [0.2, 0.25) is 5.91 Å². The quantitative estimate of drug-likeness (QED) is 0.809. The van der Waals surface area contributed by atoms with Crippen molar-refractivity contribution in [3.8, 4) is 5.75 Å². The van der Waals surface area contributed by atoms with E-state index in [4.69, 9.17) is 4.74 Å². The lowest BCUT2D eigenvalue weighted by Gasteiger charge is -2.41. The van der Waals surface area contributed by atoms with Gasteiger partial charge >= 0.3 is 0 Å². The van der Waals surface area contributed by atoms with Crippen LogP contribution < -0.4 is 4.74 Å². The Balaban J connectivity index is 2.41. The molecule has 23 heavy (non-hydrogen) atoms. The fourth-order valence-electron chi connectivity index (χ4n) is 2.78. The molecule has 1 aliphatic rings. The molecular weight excluding hydrogens is 318 g/mol. The summed E-state index contributed by atoms with van der Waals surface area (Å²) in [6, 6.07) is 7.01. The largest absolute Gasteiger partial charge is 0.496 e. The summed E-state index contributed by atoms with van der Waals surface area (Å²) in [4.78, 5) is 13.7. The highest BCUT2D eigenvalue weighted by molar-refractivity contribution is 7.86. The van der Waals surface area contributed by atoms with Crippen LogP contribution in [0, 0.1) is 0 Å². The standard InChI is InChI=1S/C15H23N3O4S/c1-12(19)18-10-9-17(23(20,21)16(2)3)11-14(18)13-7-5-6-8-15(13)22-4/h5-8,14H,9-11H2,1-4H3/t14-/m1/s1. The monoisotopic (exact) mass is 341 g/mol. The van der Waals surface area contributed by atoms with Crippen molar-refractivity contribution in [1.82, 2.24) is 13.5 Å². The maximum Gasteiger partial charge on any atom is 0.281 e. The van der Waals surface area contributed by atoms with E-state index in [2.05, 4.69) is 0 Å². The second kappa shape index (κ2) is 6.86. The normalized spacial score (nSPS) is 19.9. The first-order valence-electron chi connectivity index (χ1n) is 7.36. The van der Waals surface area contributed by atoms with Crippen LogP contribution in [0.1, 0.15) is 18.5 Å². The lowest BCUT2D eigenvalue weighted by Crippen LogP contribution is -2.54. The van der Waals surface area contributed by atoms with Gasteiger partial charge in [0.05, 0.1) is 13.2 Å². The first kappa shape index (κ1) is 17.7. The van der Waals surface area contributed by atoms with Gasteiger partial charge in [-0.3, -0.25) is 4.79 Å². The minimum atomic E-state index is -3.52. The molecule has 1 saturated heterocycles. The number of hydrogen-bond donors (Lipinski definition) is 0. The third-order valence-electron chi connectivity index (χ3n) is 4.03. The summed E-state index contributed by atoms with van der Waals surface area (Å²) in [5.41, 5.74) is 0.809. The number of rotatable bonds is 4. The van der Waals surface area contributed by atoms with E-state index < -0.39 is 10.2 Å². The van der Waals surface area contributed by atoms with Crippen LogP contribution in [0.4, 0.5) is 0 Å². The zero-order chi connectivity index (χ0) is 17.2. The number of carbonyl (C=O) groups excluding carboxylic acids is 1. The van der Waals surface area contributed by atoms with E-state index in [0.717, 1.165) is 5.56 Å². The number of para-hydroxylation sites is 1. The molecule has 0 aromatic heterocycles. The number of carbonyl (C=O) groups is 1. The maximum absolute atomic E-state index is 12.4. The number of amides is 1. The minimum Gasteiger partial charge on any atom is -0.496 e. The van der Waals surface area contributed by atoms with Crippen molar-refractivity contribution in [3.05, 3.63) is 29.8 Å². The maximum atomic E-state index is 12.4. The molecule has 0 radical (unpaired) electrons. The molecule has 8 heteroatoms. The number of nitrogens with zero attached hydrogens (tertiary/aromatic N) is 3. The molecule has 1 heterocycles. The molecule has 1 atom stereocenters. The Bertz CT molecular complexity index is 675. The highest BCUT2D eigenvalue weighted by Gasteiger charge is 2.37. The Morgan fingerprint density at radius 3 is 2.48 bits per heavy atom. The summed E-state index contributed by atoms with van der Waals surface area (Å²) in [6.45, 7) is 2.34. The molecule has 7 nitrogen and oxygen atoms in total. The van der Waals surface area contributed by atoms with Crippen LogP contribution >= 0.6 is 0 Å². The molecule has 0 saturated carbocycles. The number of methoxy groups -OCH3 is 1. The van der Waals surface area contributed by atoms with E-state index in [0.29, 0.717) is 12.3 Å². The van der Waals surface area contributed by atoms with Crippen molar-refractivity contribution in [2.45, 2.75) is 13.0 Å². The topological polar surface area (TPSA) is 70.2 Å². The third kappa shape index (κ3) is 3.49. The van der Waals surface area contributed by atoms with Gasteiger partial charge in [-0.15, -0.1) is 0 Å². The number of hydrogen-bond acceptors (Lipinski definition) is 4. The van der Waals surface area contributed by atoms with Crippen molar-refractivity contribution in [2.24, 2.45) is 0 Å². The van der Waals surface area contributed by atoms with Gasteiger partial charge in [0, 0.05) is 46.2 Å². The van der Waals surface area contributed by atoms with Crippen LogP contribution in [0.25, 0.3) is 0 Å². The Morgan fingerprint density at radius 2 is 1.91 bits per heavy atom. The van der Waals surface area contributed by atoms with Crippen LogP contribution in [0.2, 0.25) is 0 Å². The zero-order valence-electron chi connectivity index (χ0n) is 13.9. The molecule has 128 valence electrons.